The molecule has 0 unspecified atom stereocenters. The largest absolute Gasteiger partial charge is 0.396 e. The van der Waals surface area contributed by atoms with E-state index < -0.39 is 17.4 Å². The number of amides is 2. The van der Waals surface area contributed by atoms with Crippen molar-refractivity contribution < 1.29 is 19.8 Å². The fraction of sp³-hybridized carbons (Fsp3) is 0.286. The van der Waals surface area contributed by atoms with Crippen molar-refractivity contribution in [2.45, 2.75) is 31.9 Å². The van der Waals surface area contributed by atoms with E-state index in [-0.39, 0.29) is 13.2 Å². The molecule has 9 nitrogen and oxygen atoms in total. The molecular weight excluding hydrogens is 470 g/mol. The number of carbonyl (C=O) groups is 2. The van der Waals surface area contributed by atoms with E-state index in [4.69, 9.17) is 5.11 Å². The number of fused-ring (bicyclic) bond motifs is 1. The van der Waals surface area contributed by atoms with Crippen molar-refractivity contribution in [3.05, 3.63) is 90.8 Å². The lowest BCUT2D eigenvalue weighted by Gasteiger charge is -2.28. The van der Waals surface area contributed by atoms with Crippen molar-refractivity contribution in [2.24, 2.45) is 5.92 Å². The smallest absolute Gasteiger partial charge is 0.264 e. The molecule has 2 aromatic carbocycles. The van der Waals surface area contributed by atoms with E-state index >= 15 is 0 Å². The van der Waals surface area contributed by atoms with Gasteiger partial charge in [-0.25, -0.2) is 0 Å². The summed E-state index contributed by atoms with van der Waals surface area (Å²) >= 11 is 0. The first-order valence-electron chi connectivity index (χ1n) is 12.2. The topological polar surface area (TPSA) is 112 Å². The van der Waals surface area contributed by atoms with E-state index in [1.807, 2.05) is 42.5 Å². The average Bonchev–Trinajstić information content (AvgIpc) is 3.45. The summed E-state index contributed by atoms with van der Waals surface area (Å²) in [4.78, 5) is 28.5. The number of hydrogen-bond donors (Lipinski definition) is 2. The number of aliphatic hydroxyl groups is 2. The molecule has 0 fully saturated rings. The Morgan fingerprint density at radius 2 is 1.97 bits per heavy atom. The number of para-hydroxylation sites is 1. The van der Waals surface area contributed by atoms with Crippen LogP contribution in [0.2, 0.25) is 0 Å². The zero-order chi connectivity index (χ0) is 26.4. The Kier molecular flexibility index (Phi) is 7.95. The zero-order valence-corrected chi connectivity index (χ0v) is 20.8. The van der Waals surface area contributed by atoms with Crippen molar-refractivity contribution in [3.63, 3.8) is 0 Å². The van der Waals surface area contributed by atoms with Crippen LogP contribution in [0.4, 0.5) is 17.1 Å². The van der Waals surface area contributed by atoms with Gasteiger partial charge in [0.25, 0.3) is 5.91 Å². The summed E-state index contributed by atoms with van der Waals surface area (Å²) in [5, 5.41) is 28.9. The van der Waals surface area contributed by atoms with Gasteiger partial charge in [0, 0.05) is 55.2 Å². The molecule has 1 aromatic heterocycles. The van der Waals surface area contributed by atoms with Gasteiger partial charge in [0.2, 0.25) is 6.41 Å². The molecule has 2 heterocycles. The Balaban J connectivity index is 1.60. The lowest BCUT2D eigenvalue weighted by molar-refractivity contribution is -0.139. The summed E-state index contributed by atoms with van der Waals surface area (Å²) in [6, 6.07) is 14.4. The van der Waals surface area contributed by atoms with Crippen LogP contribution in [0.1, 0.15) is 24.6 Å². The maximum Gasteiger partial charge on any atom is 0.264 e. The highest BCUT2D eigenvalue weighted by molar-refractivity contribution is 6.08. The summed E-state index contributed by atoms with van der Waals surface area (Å²) in [5.74, 6) is -0.982. The van der Waals surface area contributed by atoms with Crippen LogP contribution < -0.4 is 9.80 Å². The lowest BCUT2D eigenvalue weighted by atomic mass is 9.82. The van der Waals surface area contributed by atoms with Crippen LogP contribution in [0.5, 0.6) is 0 Å². The number of aromatic nitrogens is 3. The Bertz CT molecular complexity index is 1290. The Morgan fingerprint density at radius 3 is 2.68 bits per heavy atom. The van der Waals surface area contributed by atoms with Crippen molar-refractivity contribution >= 4 is 29.4 Å². The average molecular weight is 502 g/mol. The third-order valence-corrected chi connectivity index (χ3v) is 6.55. The molecule has 1 aliphatic heterocycles. The summed E-state index contributed by atoms with van der Waals surface area (Å²) in [6.07, 6.45) is 8.93. The van der Waals surface area contributed by atoms with Crippen LogP contribution in [-0.4, -0.2) is 50.7 Å². The molecule has 37 heavy (non-hydrogen) atoms. The zero-order valence-electron chi connectivity index (χ0n) is 20.8. The molecule has 2 atom stereocenters. The molecule has 0 bridgehead atoms. The highest BCUT2D eigenvalue weighted by atomic mass is 16.3. The third-order valence-electron chi connectivity index (χ3n) is 6.55. The number of nitrogens with zero attached hydrogens (tertiary/aromatic N) is 5. The molecule has 0 spiro atoms. The molecule has 192 valence electrons. The molecular formula is C28H31N5O4. The van der Waals surface area contributed by atoms with Gasteiger partial charge in [-0.1, -0.05) is 48.6 Å². The SMILES string of the molecule is C=CCN1C(=O)[C@@](O)([C@@H](C)/C=C/CCn2cc(CCO)nn2)c2cc(N(C=O)c3ccccc3)ccc21. The second-order valence-corrected chi connectivity index (χ2v) is 8.94. The Morgan fingerprint density at radius 1 is 1.19 bits per heavy atom. The van der Waals surface area contributed by atoms with E-state index in [9.17, 15) is 14.7 Å². The molecule has 3 aromatic rings. The van der Waals surface area contributed by atoms with Crippen LogP contribution in [0.3, 0.4) is 0 Å². The minimum atomic E-state index is -1.81. The van der Waals surface area contributed by atoms with Gasteiger partial charge in [-0.05, 0) is 36.8 Å². The number of allylic oxidation sites excluding steroid dienone is 1. The molecule has 0 saturated heterocycles. The van der Waals surface area contributed by atoms with Gasteiger partial charge in [0.1, 0.15) is 0 Å². The first-order chi connectivity index (χ1) is 17.9. The van der Waals surface area contributed by atoms with Crippen LogP contribution in [0.25, 0.3) is 0 Å². The standard InChI is InChI=1S/C28H31N5O4/c1-3-15-32-26-13-12-24(33(20-35)23-10-5-4-6-11-23)18-25(26)28(37,27(32)36)21(2)9-7-8-16-31-19-22(14-17-34)29-30-31/h3-7,9-13,18-21,34,37H,1,8,14-17H2,2H3/b9-7+/t21-,28+/m0/s1. The van der Waals surface area contributed by atoms with E-state index in [1.165, 1.54) is 9.80 Å². The number of hydrogen-bond acceptors (Lipinski definition) is 6. The molecule has 0 saturated carbocycles. The van der Waals surface area contributed by atoms with E-state index in [1.54, 1.807) is 42.1 Å². The number of benzene rings is 2. The van der Waals surface area contributed by atoms with Gasteiger partial charge < -0.3 is 15.1 Å². The summed E-state index contributed by atoms with van der Waals surface area (Å²) < 4.78 is 1.69. The first kappa shape index (κ1) is 26.0. The quantitative estimate of drug-likeness (QED) is 0.291. The monoisotopic (exact) mass is 501 g/mol. The number of anilines is 3. The minimum absolute atomic E-state index is 0.0186. The Hall–Kier alpha value is -4.08. The fourth-order valence-electron chi connectivity index (χ4n) is 4.58. The minimum Gasteiger partial charge on any atom is -0.396 e. The van der Waals surface area contributed by atoms with E-state index in [0.717, 1.165) is 5.69 Å². The van der Waals surface area contributed by atoms with Crippen LogP contribution in [0.15, 0.2) is 79.5 Å². The maximum atomic E-state index is 13.5. The van der Waals surface area contributed by atoms with Gasteiger partial charge in [-0.2, -0.15) is 0 Å². The molecule has 9 heteroatoms. The first-order valence-corrected chi connectivity index (χ1v) is 12.2. The van der Waals surface area contributed by atoms with Gasteiger partial charge in [0.15, 0.2) is 5.60 Å². The van der Waals surface area contributed by atoms with Gasteiger partial charge in [-0.3, -0.25) is 19.2 Å². The number of aryl methyl sites for hydroxylation is 1. The highest BCUT2D eigenvalue weighted by Crippen LogP contribution is 2.47. The van der Waals surface area contributed by atoms with Gasteiger partial charge in [-0.15, -0.1) is 11.7 Å². The number of carbonyl (C=O) groups excluding carboxylic acids is 2. The predicted octanol–water partition coefficient (Wildman–Crippen LogP) is 3.11. The maximum absolute atomic E-state index is 13.5. The second kappa shape index (κ2) is 11.3. The molecule has 1 aliphatic rings. The second-order valence-electron chi connectivity index (χ2n) is 8.94. The van der Waals surface area contributed by atoms with Crippen molar-refractivity contribution in [3.8, 4) is 0 Å². The summed E-state index contributed by atoms with van der Waals surface area (Å²) in [7, 11) is 0. The van der Waals surface area contributed by atoms with Crippen LogP contribution in [-0.2, 0) is 28.2 Å². The summed E-state index contributed by atoms with van der Waals surface area (Å²) in [5.41, 5.74) is 1.18. The van der Waals surface area contributed by atoms with E-state index in [0.29, 0.717) is 48.4 Å². The third kappa shape index (κ3) is 5.09. The van der Waals surface area contributed by atoms with Crippen molar-refractivity contribution in [1.82, 2.24) is 15.0 Å². The molecule has 0 radical (unpaired) electrons. The predicted molar refractivity (Wildman–Crippen MR) is 141 cm³/mol. The van der Waals surface area contributed by atoms with Crippen LogP contribution in [0, 0.1) is 5.92 Å². The Labute approximate surface area is 215 Å². The molecule has 0 aliphatic carbocycles. The van der Waals surface area contributed by atoms with Crippen LogP contribution >= 0.6 is 0 Å². The summed E-state index contributed by atoms with van der Waals surface area (Å²) in [6.45, 7) is 6.39. The highest BCUT2D eigenvalue weighted by Gasteiger charge is 2.52. The fourth-order valence-corrected chi connectivity index (χ4v) is 4.58. The van der Waals surface area contributed by atoms with Gasteiger partial charge >= 0.3 is 0 Å². The molecule has 2 amide bonds. The normalized spacial score (nSPS) is 17.7. The molecule has 2 N–H and O–H groups in total. The van der Waals surface area contributed by atoms with Crippen molar-refractivity contribution in [2.75, 3.05) is 23.0 Å². The molecule has 4 rings (SSSR count). The number of rotatable bonds is 12. The lowest BCUT2D eigenvalue weighted by Crippen LogP contribution is -2.44. The number of aliphatic hydroxyl groups excluding tert-OH is 1. The van der Waals surface area contributed by atoms with Crippen molar-refractivity contribution in [1.29, 1.82) is 0 Å². The van der Waals surface area contributed by atoms with E-state index in [2.05, 4.69) is 16.9 Å². The van der Waals surface area contributed by atoms with Gasteiger partial charge in [0.05, 0.1) is 11.4 Å².